The quantitative estimate of drug-likeness (QED) is 0.774. The average molecular weight is 382 g/mol. The number of benzene rings is 1. The van der Waals surface area contributed by atoms with Crippen LogP contribution in [0.1, 0.15) is 35.2 Å². The number of rotatable bonds is 6. The summed E-state index contributed by atoms with van der Waals surface area (Å²) in [5, 5.41) is 3.21. The van der Waals surface area contributed by atoms with E-state index in [1.54, 1.807) is 12.4 Å². The molecule has 0 bridgehead atoms. The normalized spacial score (nSPS) is 18.4. The van der Waals surface area contributed by atoms with Gasteiger partial charge in [-0.1, -0.05) is 30.3 Å². The number of nitrogens with one attached hydrogen (secondary N) is 1. The predicted molar refractivity (Wildman–Crippen MR) is 105 cm³/mol. The monoisotopic (exact) mass is 382 g/mol. The van der Waals surface area contributed by atoms with E-state index in [0.717, 1.165) is 19.4 Å². The number of anilines is 1. The second kappa shape index (κ2) is 8.67. The van der Waals surface area contributed by atoms with E-state index in [1.807, 2.05) is 11.0 Å². The van der Waals surface area contributed by atoms with Crippen molar-refractivity contribution in [2.75, 3.05) is 38.2 Å². The number of hydrogen-bond acceptors (Lipinski definition) is 6. The molecule has 0 unspecified atom stereocenters. The van der Waals surface area contributed by atoms with Crippen LogP contribution in [-0.2, 0) is 15.9 Å². The van der Waals surface area contributed by atoms with Crippen LogP contribution in [-0.4, -0.2) is 59.4 Å². The molecule has 2 aliphatic heterocycles. The van der Waals surface area contributed by atoms with Gasteiger partial charge in [-0.25, -0.2) is 9.97 Å². The highest BCUT2D eigenvalue weighted by Gasteiger charge is 2.40. The van der Waals surface area contributed by atoms with Crippen LogP contribution < -0.4 is 5.32 Å². The van der Waals surface area contributed by atoms with Gasteiger partial charge in [0.25, 0.3) is 5.91 Å². The molecule has 4 rings (SSSR count). The highest BCUT2D eigenvalue weighted by Crippen LogP contribution is 2.31. The van der Waals surface area contributed by atoms with Gasteiger partial charge in [-0.3, -0.25) is 4.79 Å². The SMILES string of the molecule is O=C(c1cnc(NCCCc2ccccc2)nc1)N1CCC2(CC1)OCCO2. The van der Waals surface area contributed by atoms with E-state index >= 15 is 0 Å². The van der Waals surface area contributed by atoms with E-state index in [-0.39, 0.29) is 5.91 Å². The van der Waals surface area contributed by atoms with Crippen molar-refractivity contribution < 1.29 is 14.3 Å². The third kappa shape index (κ3) is 4.48. The molecule has 148 valence electrons. The molecule has 1 spiro atoms. The standard InChI is InChI=1S/C21H26N4O3/c26-19(25-11-8-21(9-12-25)27-13-14-28-21)18-15-23-20(24-16-18)22-10-4-7-17-5-2-1-3-6-17/h1-3,5-6,15-16H,4,7-14H2,(H,22,23,24). The molecule has 0 radical (unpaired) electrons. The first-order valence-electron chi connectivity index (χ1n) is 9.91. The van der Waals surface area contributed by atoms with Crippen LogP contribution in [0, 0.1) is 0 Å². The fourth-order valence-electron chi connectivity index (χ4n) is 3.69. The molecular formula is C21H26N4O3. The lowest BCUT2D eigenvalue weighted by Crippen LogP contribution is -2.47. The van der Waals surface area contributed by atoms with Crippen molar-refractivity contribution in [2.45, 2.75) is 31.5 Å². The smallest absolute Gasteiger partial charge is 0.256 e. The minimum Gasteiger partial charge on any atom is -0.354 e. The Hall–Kier alpha value is -2.51. The zero-order chi connectivity index (χ0) is 19.2. The Morgan fingerprint density at radius 3 is 2.43 bits per heavy atom. The summed E-state index contributed by atoms with van der Waals surface area (Å²) in [4.78, 5) is 23.1. The van der Waals surface area contributed by atoms with E-state index in [0.29, 0.717) is 50.7 Å². The fraction of sp³-hybridized carbons (Fsp3) is 0.476. The lowest BCUT2D eigenvalue weighted by Gasteiger charge is -2.37. The van der Waals surface area contributed by atoms with E-state index in [1.165, 1.54) is 5.56 Å². The number of amides is 1. The van der Waals surface area contributed by atoms with Gasteiger partial charge in [-0.2, -0.15) is 0 Å². The lowest BCUT2D eigenvalue weighted by molar-refractivity contribution is -0.181. The number of likely N-dealkylation sites (tertiary alicyclic amines) is 1. The molecule has 1 aromatic carbocycles. The van der Waals surface area contributed by atoms with E-state index in [4.69, 9.17) is 9.47 Å². The Balaban J connectivity index is 1.23. The van der Waals surface area contributed by atoms with Crippen molar-refractivity contribution in [3.05, 3.63) is 53.9 Å². The van der Waals surface area contributed by atoms with Crippen molar-refractivity contribution in [1.29, 1.82) is 0 Å². The molecule has 2 aromatic rings. The molecule has 7 heteroatoms. The molecule has 0 saturated carbocycles. The number of ether oxygens (including phenoxy) is 2. The maximum absolute atomic E-state index is 12.7. The van der Waals surface area contributed by atoms with E-state index in [9.17, 15) is 4.79 Å². The molecule has 28 heavy (non-hydrogen) atoms. The molecule has 1 aromatic heterocycles. The van der Waals surface area contributed by atoms with Gasteiger partial charge in [0.15, 0.2) is 5.79 Å². The van der Waals surface area contributed by atoms with Crippen molar-refractivity contribution in [2.24, 2.45) is 0 Å². The maximum Gasteiger partial charge on any atom is 0.256 e. The molecule has 3 heterocycles. The van der Waals surface area contributed by atoms with Crippen molar-refractivity contribution in [3.63, 3.8) is 0 Å². The molecule has 0 aliphatic carbocycles. The molecule has 2 aliphatic rings. The van der Waals surface area contributed by atoms with Gasteiger partial charge in [0.2, 0.25) is 5.95 Å². The zero-order valence-corrected chi connectivity index (χ0v) is 16.0. The molecule has 1 N–H and O–H groups in total. The molecular weight excluding hydrogens is 356 g/mol. The van der Waals surface area contributed by atoms with Crippen LogP contribution in [0.4, 0.5) is 5.95 Å². The van der Waals surface area contributed by atoms with E-state index in [2.05, 4.69) is 39.6 Å². The summed E-state index contributed by atoms with van der Waals surface area (Å²) < 4.78 is 11.4. The number of aryl methyl sites for hydroxylation is 1. The van der Waals surface area contributed by atoms with Gasteiger partial charge >= 0.3 is 0 Å². The highest BCUT2D eigenvalue weighted by atomic mass is 16.7. The first-order chi connectivity index (χ1) is 13.7. The van der Waals surface area contributed by atoms with Crippen LogP contribution in [0.25, 0.3) is 0 Å². The number of nitrogens with zero attached hydrogens (tertiary/aromatic N) is 3. The molecule has 7 nitrogen and oxygen atoms in total. The topological polar surface area (TPSA) is 76.6 Å². The molecule has 2 saturated heterocycles. The van der Waals surface area contributed by atoms with Crippen LogP contribution in [0.2, 0.25) is 0 Å². The number of piperidine rings is 1. The van der Waals surface area contributed by atoms with Crippen LogP contribution in [0.15, 0.2) is 42.7 Å². The van der Waals surface area contributed by atoms with Crippen molar-refractivity contribution >= 4 is 11.9 Å². The molecule has 2 fully saturated rings. The van der Waals surface area contributed by atoms with Gasteiger partial charge in [-0.05, 0) is 18.4 Å². The number of carbonyl (C=O) groups excluding carboxylic acids is 1. The Morgan fingerprint density at radius 2 is 1.75 bits per heavy atom. The van der Waals surface area contributed by atoms with Gasteiger partial charge in [0.05, 0.1) is 18.8 Å². The summed E-state index contributed by atoms with van der Waals surface area (Å²) in [6, 6.07) is 10.4. The van der Waals surface area contributed by atoms with Crippen LogP contribution in [0.3, 0.4) is 0 Å². The van der Waals surface area contributed by atoms with E-state index < -0.39 is 5.79 Å². The lowest BCUT2D eigenvalue weighted by atomic mass is 10.0. The Morgan fingerprint density at radius 1 is 1.07 bits per heavy atom. The first-order valence-corrected chi connectivity index (χ1v) is 9.91. The fourth-order valence-corrected chi connectivity index (χ4v) is 3.69. The first kappa shape index (κ1) is 18.8. The predicted octanol–water partition coefficient (Wildman–Crippen LogP) is 2.50. The Labute approximate surface area is 165 Å². The molecule has 0 atom stereocenters. The minimum absolute atomic E-state index is 0.0384. The summed E-state index contributed by atoms with van der Waals surface area (Å²) in [5.74, 6) is 0.0410. The highest BCUT2D eigenvalue weighted by molar-refractivity contribution is 5.93. The average Bonchev–Trinajstić information content (AvgIpc) is 3.20. The summed E-state index contributed by atoms with van der Waals surface area (Å²) in [6.45, 7) is 3.32. The maximum atomic E-state index is 12.7. The molecule has 1 amide bonds. The third-order valence-electron chi connectivity index (χ3n) is 5.29. The van der Waals surface area contributed by atoms with Gasteiger partial charge in [0.1, 0.15) is 0 Å². The number of hydrogen-bond donors (Lipinski definition) is 1. The van der Waals surface area contributed by atoms with Crippen molar-refractivity contribution in [1.82, 2.24) is 14.9 Å². The second-order valence-corrected chi connectivity index (χ2v) is 7.21. The number of carbonyl (C=O) groups is 1. The van der Waals surface area contributed by atoms with Crippen LogP contribution in [0.5, 0.6) is 0 Å². The summed E-state index contributed by atoms with van der Waals surface area (Å²) in [5.41, 5.74) is 1.84. The largest absolute Gasteiger partial charge is 0.354 e. The van der Waals surface area contributed by atoms with Crippen LogP contribution >= 0.6 is 0 Å². The Kier molecular flexibility index (Phi) is 5.83. The summed E-state index contributed by atoms with van der Waals surface area (Å²) in [7, 11) is 0. The second-order valence-electron chi connectivity index (χ2n) is 7.21. The third-order valence-corrected chi connectivity index (χ3v) is 5.29. The zero-order valence-electron chi connectivity index (χ0n) is 16.0. The number of aromatic nitrogens is 2. The minimum atomic E-state index is -0.471. The van der Waals surface area contributed by atoms with Gasteiger partial charge in [-0.15, -0.1) is 0 Å². The van der Waals surface area contributed by atoms with Gasteiger partial charge in [0, 0.05) is 44.9 Å². The summed E-state index contributed by atoms with van der Waals surface area (Å²) in [6.07, 6.45) is 6.62. The van der Waals surface area contributed by atoms with Gasteiger partial charge < -0.3 is 19.7 Å². The van der Waals surface area contributed by atoms with Crippen molar-refractivity contribution in [3.8, 4) is 0 Å². The Bertz CT molecular complexity index is 766. The summed E-state index contributed by atoms with van der Waals surface area (Å²) >= 11 is 0.